The van der Waals surface area contributed by atoms with Gasteiger partial charge in [0.25, 0.3) is 0 Å². The Bertz CT molecular complexity index is 653. The van der Waals surface area contributed by atoms with E-state index in [1.807, 2.05) is 36.7 Å². The molecule has 0 unspecified atom stereocenters. The highest BCUT2D eigenvalue weighted by molar-refractivity contribution is 5.70. The van der Waals surface area contributed by atoms with Crippen molar-refractivity contribution in [3.63, 3.8) is 0 Å². The number of anilines is 1. The molecule has 0 fully saturated rings. The van der Waals surface area contributed by atoms with Gasteiger partial charge in [0.05, 0.1) is 5.56 Å². The third-order valence-corrected chi connectivity index (χ3v) is 3.40. The largest absolute Gasteiger partial charge is 0.352 e. The summed E-state index contributed by atoms with van der Waals surface area (Å²) in [5.74, 6) is 0.920. The van der Waals surface area contributed by atoms with Crippen LogP contribution in [0.25, 0.3) is 5.57 Å². The van der Waals surface area contributed by atoms with Crippen LogP contribution < -0.4 is 4.90 Å². The Kier molecular flexibility index (Phi) is 3.42. The molecule has 98 valence electrons. The molecule has 2 aromatic heterocycles. The average molecular weight is 262 g/mol. The van der Waals surface area contributed by atoms with Gasteiger partial charge in [0, 0.05) is 31.7 Å². The third-order valence-electron chi connectivity index (χ3n) is 3.40. The maximum absolute atomic E-state index is 8.81. The molecule has 0 aliphatic carbocycles. The minimum absolute atomic E-state index is 0.593. The Morgan fingerprint density at radius 3 is 2.70 bits per heavy atom. The van der Waals surface area contributed by atoms with E-state index in [0.717, 1.165) is 25.3 Å². The molecule has 3 heterocycles. The van der Waals surface area contributed by atoms with E-state index in [4.69, 9.17) is 5.26 Å². The molecular weight excluding hydrogens is 248 g/mol. The van der Waals surface area contributed by atoms with Gasteiger partial charge >= 0.3 is 0 Å². The van der Waals surface area contributed by atoms with Crippen LogP contribution in [0.3, 0.4) is 0 Å². The second-order valence-electron chi connectivity index (χ2n) is 4.69. The van der Waals surface area contributed by atoms with Crippen molar-refractivity contribution in [2.45, 2.75) is 6.42 Å². The second-order valence-corrected chi connectivity index (χ2v) is 4.69. The van der Waals surface area contributed by atoms with Gasteiger partial charge in [0.2, 0.25) is 0 Å². The fraction of sp³-hybridized carbons (Fsp3) is 0.188. The van der Waals surface area contributed by atoms with E-state index in [1.165, 1.54) is 11.1 Å². The van der Waals surface area contributed by atoms with Crippen LogP contribution in [0.5, 0.6) is 0 Å². The zero-order chi connectivity index (χ0) is 13.8. The summed E-state index contributed by atoms with van der Waals surface area (Å²) in [5.41, 5.74) is 3.10. The fourth-order valence-corrected chi connectivity index (χ4v) is 2.35. The first kappa shape index (κ1) is 12.4. The SMILES string of the molecule is N#Cc1ccc(N2CCC=C(c3ccncc3)C2)nc1. The zero-order valence-corrected chi connectivity index (χ0v) is 11.0. The Morgan fingerprint density at radius 2 is 2.00 bits per heavy atom. The van der Waals surface area contributed by atoms with E-state index in [-0.39, 0.29) is 0 Å². The van der Waals surface area contributed by atoms with E-state index in [2.05, 4.69) is 27.0 Å². The lowest BCUT2D eigenvalue weighted by Gasteiger charge is -2.28. The highest BCUT2D eigenvalue weighted by Gasteiger charge is 2.15. The molecule has 4 heteroatoms. The summed E-state index contributed by atoms with van der Waals surface area (Å²) < 4.78 is 0. The lowest BCUT2D eigenvalue weighted by atomic mass is 10.0. The lowest BCUT2D eigenvalue weighted by Crippen LogP contribution is -2.30. The van der Waals surface area contributed by atoms with E-state index >= 15 is 0 Å². The number of nitrogens with zero attached hydrogens (tertiary/aromatic N) is 4. The molecule has 20 heavy (non-hydrogen) atoms. The number of pyridine rings is 2. The molecule has 0 saturated heterocycles. The van der Waals surface area contributed by atoms with Crippen LogP contribution in [0.15, 0.2) is 48.9 Å². The molecule has 1 aliphatic rings. The molecule has 2 aromatic rings. The molecule has 0 bridgehead atoms. The lowest BCUT2D eigenvalue weighted by molar-refractivity contribution is 0.815. The molecule has 1 aliphatic heterocycles. The Hall–Kier alpha value is -2.67. The first-order valence-corrected chi connectivity index (χ1v) is 6.57. The number of nitriles is 1. The highest BCUT2D eigenvalue weighted by atomic mass is 15.2. The van der Waals surface area contributed by atoms with Gasteiger partial charge in [-0.3, -0.25) is 4.98 Å². The quantitative estimate of drug-likeness (QED) is 0.835. The Balaban J connectivity index is 1.80. The fourth-order valence-electron chi connectivity index (χ4n) is 2.35. The standard InChI is InChI=1S/C16H14N4/c17-10-13-3-4-16(19-11-13)20-9-1-2-15(12-20)14-5-7-18-8-6-14/h2-8,11H,1,9,12H2. The molecule has 4 nitrogen and oxygen atoms in total. The van der Waals surface area contributed by atoms with E-state index in [0.29, 0.717) is 5.56 Å². The number of aromatic nitrogens is 2. The van der Waals surface area contributed by atoms with Crippen LogP contribution in [0.2, 0.25) is 0 Å². The number of hydrogen-bond acceptors (Lipinski definition) is 4. The molecular formula is C16H14N4. The molecule has 0 aromatic carbocycles. The smallest absolute Gasteiger partial charge is 0.128 e. The van der Waals surface area contributed by atoms with Crippen molar-refractivity contribution in [1.29, 1.82) is 5.26 Å². The summed E-state index contributed by atoms with van der Waals surface area (Å²) in [6, 6.07) is 9.87. The van der Waals surface area contributed by atoms with Crippen molar-refractivity contribution in [2.75, 3.05) is 18.0 Å². The van der Waals surface area contributed by atoms with E-state index in [1.54, 1.807) is 6.20 Å². The van der Waals surface area contributed by atoms with Gasteiger partial charge in [-0.15, -0.1) is 0 Å². The summed E-state index contributed by atoms with van der Waals surface area (Å²) in [5, 5.41) is 8.81. The first-order valence-electron chi connectivity index (χ1n) is 6.57. The summed E-state index contributed by atoms with van der Waals surface area (Å²) in [6.45, 7) is 1.79. The normalized spacial score (nSPS) is 14.6. The van der Waals surface area contributed by atoms with Crippen LogP contribution in [-0.4, -0.2) is 23.1 Å². The molecule has 0 saturated carbocycles. The molecule has 0 spiro atoms. The molecule has 3 rings (SSSR count). The van der Waals surface area contributed by atoms with Gasteiger partial charge < -0.3 is 4.90 Å². The predicted molar refractivity (Wildman–Crippen MR) is 78.0 cm³/mol. The molecule has 0 radical (unpaired) electrons. The molecule has 0 atom stereocenters. The van der Waals surface area contributed by atoms with E-state index in [9.17, 15) is 0 Å². The average Bonchev–Trinajstić information content (AvgIpc) is 2.56. The summed E-state index contributed by atoms with van der Waals surface area (Å²) in [6.07, 6.45) is 8.53. The van der Waals surface area contributed by atoms with E-state index < -0.39 is 0 Å². The van der Waals surface area contributed by atoms with Crippen LogP contribution in [0, 0.1) is 11.3 Å². The Morgan fingerprint density at radius 1 is 1.15 bits per heavy atom. The van der Waals surface area contributed by atoms with Crippen LogP contribution in [0.4, 0.5) is 5.82 Å². The minimum atomic E-state index is 0.593. The van der Waals surface area contributed by atoms with Crippen molar-refractivity contribution in [3.05, 3.63) is 60.1 Å². The van der Waals surface area contributed by atoms with Gasteiger partial charge in [-0.25, -0.2) is 4.98 Å². The third kappa shape index (κ3) is 2.52. The number of rotatable bonds is 2. The molecule has 0 N–H and O–H groups in total. The Labute approximate surface area is 118 Å². The summed E-state index contributed by atoms with van der Waals surface area (Å²) in [4.78, 5) is 10.7. The van der Waals surface area contributed by atoms with Gasteiger partial charge in [-0.2, -0.15) is 5.26 Å². The van der Waals surface area contributed by atoms with Crippen molar-refractivity contribution in [1.82, 2.24) is 9.97 Å². The maximum Gasteiger partial charge on any atom is 0.128 e. The second kappa shape index (κ2) is 5.54. The van der Waals surface area contributed by atoms with Crippen molar-refractivity contribution in [3.8, 4) is 6.07 Å². The topological polar surface area (TPSA) is 52.8 Å². The highest BCUT2D eigenvalue weighted by Crippen LogP contribution is 2.23. The monoisotopic (exact) mass is 262 g/mol. The summed E-state index contributed by atoms with van der Waals surface area (Å²) >= 11 is 0. The zero-order valence-electron chi connectivity index (χ0n) is 11.0. The predicted octanol–water partition coefficient (Wildman–Crippen LogP) is 2.64. The van der Waals surface area contributed by atoms with Gasteiger partial charge in [-0.05, 0) is 41.8 Å². The van der Waals surface area contributed by atoms with Crippen LogP contribution in [0.1, 0.15) is 17.5 Å². The van der Waals surface area contributed by atoms with Crippen LogP contribution >= 0.6 is 0 Å². The van der Waals surface area contributed by atoms with Crippen molar-refractivity contribution >= 4 is 11.4 Å². The van der Waals surface area contributed by atoms with Gasteiger partial charge in [0.1, 0.15) is 11.9 Å². The first-order chi connectivity index (χ1) is 9.86. The minimum Gasteiger partial charge on any atom is -0.352 e. The van der Waals surface area contributed by atoms with Crippen molar-refractivity contribution < 1.29 is 0 Å². The number of hydrogen-bond donors (Lipinski definition) is 0. The van der Waals surface area contributed by atoms with Gasteiger partial charge in [0.15, 0.2) is 0 Å². The molecule has 0 amide bonds. The summed E-state index contributed by atoms with van der Waals surface area (Å²) in [7, 11) is 0. The van der Waals surface area contributed by atoms with Gasteiger partial charge in [-0.1, -0.05) is 6.08 Å². The van der Waals surface area contributed by atoms with Crippen molar-refractivity contribution in [2.24, 2.45) is 0 Å². The maximum atomic E-state index is 8.81. The van der Waals surface area contributed by atoms with Crippen LogP contribution in [-0.2, 0) is 0 Å².